The molecule has 4 nitrogen and oxygen atoms in total. The Morgan fingerprint density at radius 2 is 1.95 bits per heavy atom. The third-order valence-electron chi connectivity index (χ3n) is 2.01. The van der Waals surface area contributed by atoms with Crippen LogP contribution in [0.25, 0.3) is 0 Å². The van der Waals surface area contributed by atoms with Crippen LogP contribution in [0.3, 0.4) is 0 Å². The van der Waals surface area contributed by atoms with Crippen molar-refractivity contribution in [2.24, 2.45) is 0 Å². The highest BCUT2D eigenvalue weighted by molar-refractivity contribution is 7.80. The number of benzene rings is 1. The van der Waals surface area contributed by atoms with Gasteiger partial charge in [-0.15, -0.1) is 0 Å². The molecular formula is C10H8Cl5N3OS. The van der Waals surface area contributed by atoms with Gasteiger partial charge in [0.15, 0.2) is 5.11 Å². The van der Waals surface area contributed by atoms with E-state index in [-0.39, 0.29) is 5.11 Å². The summed E-state index contributed by atoms with van der Waals surface area (Å²) >= 11 is 33.9. The van der Waals surface area contributed by atoms with Gasteiger partial charge in [0.05, 0.1) is 10.7 Å². The SMILES string of the molecule is O=CNC(NC(=S)Nc1cc(Cl)ccc1Cl)C(Cl)(Cl)Cl. The Kier molecular flexibility index (Phi) is 6.91. The fraction of sp³-hybridized carbons (Fsp3) is 0.200. The van der Waals surface area contributed by atoms with E-state index < -0.39 is 9.96 Å². The number of hydrogen-bond donors (Lipinski definition) is 3. The third kappa shape index (κ3) is 5.68. The molecule has 1 aromatic rings. The van der Waals surface area contributed by atoms with E-state index in [9.17, 15) is 4.79 Å². The van der Waals surface area contributed by atoms with Crippen molar-refractivity contribution in [1.29, 1.82) is 0 Å². The Bertz CT molecular complexity index is 508. The van der Waals surface area contributed by atoms with Crippen molar-refractivity contribution < 1.29 is 4.79 Å². The van der Waals surface area contributed by atoms with E-state index in [0.717, 1.165) is 0 Å². The molecule has 0 saturated heterocycles. The van der Waals surface area contributed by atoms with Crippen molar-refractivity contribution in [2.75, 3.05) is 5.32 Å². The molecule has 0 aliphatic carbocycles. The molecule has 0 aliphatic rings. The number of anilines is 1. The van der Waals surface area contributed by atoms with Gasteiger partial charge in [-0.25, -0.2) is 0 Å². The molecule has 1 atom stereocenters. The number of thiocarbonyl (C=S) groups is 1. The summed E-state index contributed by atoms with van der Waals surface area (Å²) in [6.07, 6.45) is -0.628. The van der Waals surface area contributed by atoms with Crippen LogP contribution in [0.4, 0.5) is 5.69 Å². The molecule has 0 fully saturated rings. The predicted molar refractivity (Wildman–Crippen MR) is 89.1 cm³/mol. The third-order valence-corrected chi connectivity index (χ3v) is 3.45. The fourth-order valence-corrected chi connectivity index (χ4v) is 2.09. The molecule has 10 heteroatoms. The van der Waals surface area contributed by atoms with Crippen molar-refractivity contribution in [3.05, 3.63) is 28.2 Å². The summed E-state index contributed by atoms with van der Waals surface area (Å²) in [6, 6.07) is 4.81. The number of alkyl halides is 3. The predicted octanol–water partition coefficient (Wildman–Crippen LogP) is 3.72. The molecule has 0 saturated carbocycles. The molecule has 0 aromatic heterocycles. The summed E-state index contributed by atoms with van der Waals surface area (Å²) in [5, 5.41) is 8.69. The van der Waals surface area contributed by atoms with Crippen molar-refractivity contribution in [3.8, 4) is 0 Å². The molecule has 1 aromatic carbocycles. The molecule has 0 heterocycles. The zero-order chi connectivity index (χ0) is 15.3. The van der Waals surface area contributed by atoms with Crippen LogP contribution in [0.15, 0.2) is 18.2 Å². The lowest BCUT2D eigenvalue weighted by Crippen LogP contribution is -2.53. The lowest BCUT2D eigenvalue weighted by molar-refractivity contribution is -0.110. The maximum Gasteiger partial charge on any atom is 0.228 e. The molecule has 1 unspecified atom stereocenters. The van der Waals surface area contributed by atoms with Crippen LogP contribution < -0.4 is 16.0 Å². The standard InChI is InChI=1S/C10H8Cl5N3OS/c11-5-1-2-6(12)7(3-5)17-9(20)18-8(16-4-19)10(13,14)15/h1-4,8H,(H,16,19)(H2,17,18,20). The highest BCUT2D eigenvalue weighted by Gasteiger charge is 2.33. The number of carbonyl (C=O) groups excluding carboxylic acids is 1. The summed E-state index contributed by atoms with van der Waals surface area (Å²) in [5.41, 5.74) is 0.478. The monoisotopic (exact) mass is 393 g/mol. The highest BCUT2D eigenvalue weighted by atomic mass is 35.6. The maximum absolute atomic E-state index is 10.5. The number of halogens is 5. The number of carbonyl (C=O) groups is 1. The number of nitrogens with one attached hydrogen (secondary N) is 3. The summed E-state index contributed by atoms with van der Waals surface area (Å²) < 4.78 is -1.79. The first-order valence-corrected chi connectivity index (χ1v) is 7.33. The molecule has 1 amide bonds. The van der Waals surface area contributed by atoms with Gasteiger partial charge < -0.3 is 16.0 Å². The summed E-state index contributed by atoms with van der Waals surface area (Å²) in [7, 11) is 0. The van der Waals surface area contributed by atoms with Gasteiger partial charge in [0.25, 0.3) is 0 Å². The minimum absolute atomic E-state index is 0.0971. The zero-order valence-electron chi connectivity index (χ0n) is 9.59. The quantitative estimate of drug-likeness (QED) is 0.315. The van der Waals surface area contributed by atoms with E-state index in [1.54, 1.807) is 18.2 Å². The molecule has 1 rings (SSSR count). The average Bonchev–Trinajstić information content (AvgIpc) is 2.32. The second kappa shape index (κ2) is 7.73. The largest absolute Gasteiger partial charge is 0.339 e. The van der Waals surface area contributed by atoms with Crippen LogP contribution in [0.2, 0.25) is 10.0 Å². The van der Waals surface area contributed by atoms with Crippen LogP contribution in [-0.4, -0.2) is 21.5 Å². The second-order valence-electron chi connectivity index (χ2n) is 3.48. The van der Waals surface area contributed by atoms with Gasteiger partial charge in [-0.2, -0.15) is 0 Å². The number of rotatable bonds is 4. The van der Waals surface area contributed by atoms with Crippen LogP contribution in [-0.2, 0) is 4.79 Å². The minimum Gasteiger partial charge on any atom is -0.339 e. The first kappa shape index (κ1) is 17.9. The Hall–Kier alpha value is -0.170. The van der Waals surface area contributed by atoms with Crippen molar-refractivity contribution in [3.63, 3.8) is 0 Å². The first-order chi connectivity index (χ1) is 9.24. The van der Waals surface area contributed by atoms with Crippen LogP contribution in [0.1, 0.15) is 0 Å². The molecule has 110 valence electrons. The normalized spacial score (nSPS) is 12.4. The summed E-state index contributed by atoms with van der Waals surface area (Å²) in [4.78, 5) is 10.5. The fourth-order valence-electron chi connectivity index (χ4n) is 1.17. The molecule has 3 N–H and O–H groups in total. The molecule has 0 bridgehead atoms. The van der Waals surface area contributed by atoms with Crippen molar-refractivity contribution >= 4 is 87.4 Å². The second-order valence-corrected chi connectivity index (χ2v) is 7.10. The molecule has 20 heavy (non-hydrogen) atoms. The van der Waals surface area contributed by atoms with E-state index in [4.69, 9.17) is 70.2 Å². The van der Waals surface area contributed by atoms with E-state index >= 15 is 0 Å². The Morgan fingerprint density at radius 3 is 2.50 bits per heavy atom. The number of amides is 1. The summed E-state index contributed by atoms with van der Waals surface area (Å²) in [6.45, 7) is 0. The van der Waals surface area contributed by atoms with Gasteiger partial charge in [-0.3, -0.25) is 4.79 Å². The van der Waals surface area contributed by atoms with Gasteiger partial charge in [-0.1, -0.05) is 58.0 Å². The summed E-state index contributed by atoms with van der Waals surface area (Å²) in [5.74, 6) is 0. The van der Waals surface area contributed by atoms with Crippen LogP contribution in [0, 0.1) is 0 Å². The van der Waals surface area contributed by atoms with Gasteiger partial charge in [0.1, 0.15) is 6.17 Å². The van der Waals surface area contributed by atoms with Gasteiger partial charge >= 0.3 is 0 Å². The Labute approximate surface area is 146 Å². The first-order valence-electron chi connectivity index (χ1n) is 5.03. The zero-order valence-corrected chi connectivity index (χ0v) is 14.2. The van der Waals surface area contributed by atoms with Crippen molar-refractivity contribution in [1.82, 2.24) is 10.6 Å². The minimum atomic E-state index is -1.79. The van der Waals surface area contributed by atoms with Gasteiger partial charge in [-0.05, 0) is 30.4 Å². The van der Waals surface area contributed by atoms with E-state index in [1.165, 1.54) is 0 Å². The molecule has 0 radical (unpaired) electrons. The molecular weight excluding hydrogens is 387 g/mol. The molecule has 0 spiro atoms. The highest BCUT2D eigenvalue weighted by Crippen LogP contribution is 2.29. The number of hydrogen-bond acceptors (Lipinski definition) is 2. The average molecular weight is 396 g/mol. The lowest BCUT2D eigenvalue weighted by atomic mass is 10.3. The van der Waals surface area contributed by atoms with Crippen molar-refractivity contribution in [2.45, 2.75) is 9.96 Å². The van der Waals surface area contributed by atoms with Gasteiger partial charge in [0.2, 0.25) is 10.2 Å². The molecule has 0 aliphatic heterocycles. The smallest absolute Gasteiger partial charge is 0.228 e. The Morgan fingerprint density at radius 1 is 1.30 bits per heavy atom. The van der Waals surface area contributed by atoms with E-state index in [1.807, 2.05) is 0 Å². The van der Waals surface area contributed by atoms with E-state index in [2.05, 4.69) is 16.0 Å². The topological polar surface area (TPSA) is 53.2 Å². The van der Waals surface area contributed by atoms with Crippen LogP contribution >= 0.6 is 70.2 Å². The maximum atomic E-state index is 10.5. The van der Waals surface area contributed by atoms with E-state index in [0.29, 0.717) is 22.1 Å². The Balaban J connectivity index is 2.75. The van der Waals surface area contributed by atoms with Gasteiger partial charge in [0, 0.05) is 5.02 Å². The lowest BCUT2D eigenvalue weighted by Gasteiger charge is -2.26. The van der Waals surface area contributed by atoms with Crippen LogP contribution in [0.5, 0.6) is 0 Å².